The van der Waals surface area contributed by atoms with E-state index in [9.17, 15) is 0 Å². The largest absolute Gasteiger partial charge is 0.0996 e. The molecule has 0 bridgehead atoms. The van der Waals surface area contributed by atoms with Crippen molar-refractivity contribution < 1.29 is 0 Å². The smallest absolute Gasteiger partial charge is 0.0203 e. The van der Waals surface area contributed by atoms with Crippen molar-refractivity contribution in [1.29, 1.82) is 0 Å². The summed E-state index contributed by atoms with van der Waals surface area (Å²) < 4.78 is 0. The maximum absolute atomic E-state index is 3.54. The van der Waals surface area contributed by atoms with Gasteiger partial charge in [0.2, 0.25) is 0 Å². The van der Waals surface area contributed by atoms with E-state index in [1.165, 1.54) is 64.2 Å². The van der Waals surface area contributed by atoms with E-state index in [-0.39, 0.29) is 0 Å². The second kappa shape index (κ2) is 5.44. The molecule has 2 saturated carbocycles. The molecule has 0 spiro atoms. The van der Waals surface area contributed by atoms with Crippen molar-refractivity contribution in [2.24, 2.45) is 11.8 Å². The predicted molar refractivity (Wildman–Crippen MR) is 60.9 cm³/mol. The minimum Gasteiger partial charge on any atom is -0.0996 e. The van der Waals surface area contributed by atoms with Gasteiger partial charge >= 0.3 is 0 Å². The van der Waals surface area contributed by atoms with Crippen LogP contribution in [0.5, 0.6) is 0 Å². The first-order chi connectivity index (χ1) is 6.95. The van der Waals surface area contributed by atoms with Crippen LogP contribution in [0.4, 0.5) is 0 Å². The quantitative estimate of drug-likeness (QED) is 0.503. The van der Waals surface area contributed by atoms with Crippen LogP contribution in [0.2, 0.25) is 0 Å². The Kier molecular flexibility index (Phi) is 3.92. The number of hydrogen-bond acceptors (Lipinski definition) is 0. The summed E-state index contributed by atoms with van der Waals surface area (Å²) in [6, 6.07) is 0. The van der Waals surface area contributed by atoms with E-state index in [4.69, 9.17) is 0 Å². The van der Waals surface area contributed by atoms with E-state index in [1.54, 1.807) is 0 Å². The third-order valence-electron chi connectivity index (χ3n) is 3.70. The van der Waals surface area contributed by atoms with Crippen LogP contribution < -0.4 is 0 Å². The lowest BCUT2D eigenvalue weighted by atomic mass is 9.87. The van der Waals surface area contributed by atoms with E-state index in [0.29, 0.717) is 0 Å². The van der Waals surface area contributed by atoms with E-state index in [2.05, 4.69) is 11.8 Å². The van der Waals surface area contributed by atoms with Crippen molar-refractivity contribution >= 4 is 0 Å². The first-order valence-corrected chi connectivity index (χ1v) is 6.46. The Morgan fingerprint density at radius 1 is 0.500 bits per heavy atom. The fourth-order valence-electron chi connectivity index (χ4n) is 2.73. The Morgan fingerprint density at radius 3 is 1.21 bits per heavy atom. The fourth-order valence-corrected chi connectivity index (χ4v) is 2.73. The molecule has 0 saturated heterocycles. The highest BCUT2D eigenvalue weighted by Crippen LogP contribution is 2.25. The Balaban J connectivity index is 1.78. The van der Waals surface area contributed by atoms with Gasteiger partial charge in [-0.1, -0.05) is 50.4 Å². The summed E-state index contributed by atoms with van der Waals surface area (Å²) in [6.45, 7) is 0. The monoisotopic (exact) mass is 190 g/mol. The van der Waals surface area contributed by atoms with Crippen LogP contribution in [0.1, 0.15) is 64.2 Å². The molecule has 0 amide bonds. The van der Waals surface area contributed by atoms with Crippen LogP contribution in [0.3, 0.4) is 0 Å². The predicted octanol–water partition coefficient (Wildman–Crippen LogP) is 4.15. The molecule has 14 heavy (non-hydrogen) atoms. The summed E-state index contributed by atoms with van der Waals surface area (Å²) in [5.74, 6) is 8.59. The Bertz CT molecular complexity index is 184. The van der Waals surface area contributed by atoms with Crippen molar-refractivity contribution in [3.8, 4) is 11.8 Å². The highest BCUT2D eigenvalue weighted by atomic mass is 14.2. The SMILES string of the molecule is C(#CC1CCCCC1)C1CCCCC1. The molecule has 0 heterocycles. The topological polar surface area (TPSA) is 0 Å². The molecule has 78 valence electrons. The normalized spacial score (nSPS) is 25.4. The standard InChI is InChI=1S/C14H22/c1-3-7-13(8-4-1)11-12-14-9-5-2-6-10-14/h13-14H,1-10H2. The van der Waals surface area contributed by atoms with Gasteiger partial charge in [0.05, 0.1) is 0 Å². The Labute approximate surface area is 88.5 Å². The molecule has 0 aromatic carbocycles. The fraction of sp³-hybridized carbons (Fsp3) is 0.857. The molecule has 0 heteroatoms. The summed E-state index contributed by atoms with van der Waals surface area (Å²) in [6.07, 6.45) is 14.1. The summed E-state index contributed by atoms with van der Waals surface area (Å²) >= 11 is 0. The van der Waals surface area contributed by atoms with E-state index in [0.717, 1.165) is 11.8 Å². The van der Waals surface area contributed by atoms with Crippen LogP contribution in [0.25, 0.3) is 0 Å². The summed E-state index contributed by atoms with van der Waals surface area (Å²) in [5, 5.41) is 0. The van der Waals surface area contributed by atoms with Gasteiger partial charge in [0.25, 0.3) is 0 Å². The maximum Gasteiger partial charge on any atom is 0.0203 e. The minimum atomic E-state index is 0.755. The zero-order valence-corrected chi connectivity index (χ0v) is 9.23. The van der Waals surface area contributed by atoms with Gasteiger partial charge in [-0.3, -0.25) is 0 Å². The van der Waals surface area contributed by atoms with Crippen molar-refractivity contribution in [3.05, 3.63) is 0 Å². The molecule has 0 aromatic rings. The van der Waals surface area contributed by atoms with Crippen LogP contribution in [0, 0.1) is 23.7 Å². The van der Waals surface area contributed by atoms with Gasteiger partial charge in [0, 0.05) is 11.8 Å². The van der Waals surface area contributed by atoms with Gasteiger partial charge in [-0.25, -0.2) is 0 Å². The first kappa shape index (κ1) is 10.1. The average Bonchev–Trinajstić information content (AvgIpc) is 2.29. The van der Waals surface area contributed by atoms with Crippen molar-refractivity contribution in [2.75, 3.05) is 0 Å². The lowest BCUT2D eigenvalue weighted by molar-refractivity contribution is 0.419. The molecule has 0 unspecified atom stereocenters. The van der Waals surface area contributed by atoms with Crippen molar-refractivity contribution in [3.63, 3.8) is 0 Å². The van der Waals surface area contributed by atoms with Crippen molar-refractivity contribution in [2.45, 2.75) is 64.2 Å². The lowest BCUT2D eigenvalue weighted by Crippen LogP contribution is -2.06. The zero-order chi connectivity index (χ0) is 9.64. The summed E-state index contributed by atoms with van der Waals surface area (Å²) in [5.41, 5.74) is 0. The first-order valence-electron chi connectivity index (χ1n) is 6.46. The van der Waals surface area contributed by atoms with Crippen LogP contribution in [-0.4, -0.2) is 0 Å². The second-order valence-corrected chi connectivity index (χ2v) is 4.96. The molecule has 2 fully saturated rings. The van der Waals surface area contributed by atoms with Crippen LogP contribution in [-0.2, 0) is 0 Å². The van der Waals surface area contributed by atoms with Gasteiger partial charge in [-0.15, -0.1) is 0 Å². The van der Waals surface area contributed by atoms with Crippen molar-refractivity contribution in [1.82, 2.24) is 0 Å². The molecule has 2 aliphatic carbocycles. The van der Waals surface area contributed by atoms with Crippen LogP contribution >= 0.6 is 0 Å². The second-order valence-electron chi connectivity index (χ2n) is 4.96. The number of rotatable bonds is 0. The number of hydrogen-bond donors (Lipinski definition) is 0. The third kappa shape index (κ3) is 3.05. The molecule has 0 nitrogen and oxygen atoms in total. The molecule has 0 atom stereocenters. The molecular formula is C14H22. The highest BCUT2D eigenvalue weighted by molar-refractivity contribution is 5.08. The molecule has 2 rings (SSSR count). The molecule has 0 radical (unpaired) electrons. The maximum atomic E-state index is 3.54. The molecule has 0 aromatic heterocycles. The van der Waals surface area contributed by atoms with E-state index >= 15 is 0 Å². The molecule has 0 aliphatic heterocycles. The van der Waals surface area contributed by atoms with Crippen LogP contribution in [0.15, 0.2) is 0 Å². The zero-order valence-electron chi connectivity index (χ0n) is 9.23. The molecular weight excluding hydrogens is 168 g/mol. The van der Waals surface area contributed by atoms with Gasteiger partial charge in [-0.2, -0.15) is 0 Å². The molecule has 0 N–H and O–H groups in total. The summed E-state index contributed by atoms with van der Waals surface area (Å²) in [4.78, 5) is 0. The van der Waals surface area contributed by atoms with Gasteiger partial charge in [-0.05, 0) is 25.7 Å². The van der Waals surface area contributed by atoms with E-state index in [1.807, 2.05) is 0 Å². The lowest BCUT2D eigenvalue weighted by Gasteiger charge is -2.18. The third-order valence-corrected chi connectivity index (χ3v) is 3.70. The minimum absolute atomic E-state index is 0.755. The van der Waals surface area contributed by atoms with Gasteiger partial charge in [0.1, 0.15) is 0 Å². The Hall–Kier alpha value is -0.440. The summed E-state index contributed by atoms with van der Waals surface area (Å²) in [7, 11) is 0. The average molecular weight is 190 g/mol. The van der Waals surface area contributed by atoms with Gasteiger partial charge in [0.15, 0.2) is 0 Å². The molecule has 2 aliphatic rings. The van der Waals surface area contributed by atoms with Gasteiger partial charge < -0.3 is 0 Å². The Morgan fingerprint density at radius 2 is 0.857 bits per heavy atom. The highest BCUT2D eigenvalue weighted by Gasteiger charge is 2.12. The van der Waals surface area contributed by atoms with E-state index < -0.39 is 0 Å².